The van der Waals surface area contributed by atoms with Crippen molar-refractivity contribution in [2.45, 2.75) is 18.9 Å². The lowest BCUT2D eigenvalue weighted by Crippen LogP contribution is -2.12. The fraction of sp³-hybridized carbons (Fsp3) is 0.400. The second-order valence-electron chi connectivity index (χ2n) is 3.37. The van der Waals surface area contributed by atoms with Crippen LogP contribution in [0.15, 0.2) is 12.1 Å². The molecular formula is C10H14Cl2N2O. The molecule has 0 aromatic heterocycles. The van der Waals surface area contributed by atoms with E-state index in [0.29, 0.717) is 6.54 Å². The van der Waals surface area contributed by atoms with E-state index in [9.17, 15) is 5.11 Å². The topological polar surface area (TPSA) is 72.3 Å². The van der Waals surface area contributed by atoms with E-state index in [2.05, 4.69) is 0 Å². The van der Waals surface area contributed by atoms with Crippen molar-refractivity contribution < 1.29 is 5.11 Å². The Hall–Kier alpha value is -0.480. The maximum Gasteiger partial charge on any atom is 0.152 e. The Kier molecular flexibility index (Phi) is 4.67. The Bertz CT molecular complexity index is 321. The number of phenols is 1. The van der Waals surface area contributed by atoms with Crippen molar-refractivity contribution in [2.24, 2.45) is 11.5 Å². The average Bonchev–Trinajstić information content (AvgIpc) is 2.21. The molecule has 3 nitrogen and oxygen atoms in total. The molecule has 0 saturated heterocycles. The maximum absolute atomic E-state index is 9.36. The van der Waals surface area contributed by atoms with Gasteiger partial charge in [-0.2, -0.15) is 0 Å². The second kappa shape index (κ2) is 5.56. The number of rotatable bonds is 4. The fourth-order valence-corrected chi connectivity index (χ4v) is 1.81. The van der Waals surface area contributed by atoms with Crippen LogP contribution >= 0.6 is 23.2 Å². The Morgan fingerprint density at radius 1 is 1.27 bits per heavy atom. The van der Waals surface area contributed by atoms with Gasteiger partial charge in [-0.25, -0.2) is 0 Å². The minimum atomic E-state index is -0.149. The van der Waals surface area contributed by atoms with Gasteiger partial charge in [0, 0.05) is 6.04 Å². The van der Waals surface area contributed by atoms with Crippen LogP contribution in [0.3, 0.4) is 0 Å². The minimum absolute atomic E-state index is 0.104. The molecule has 1 atom stereocenters. The van der Waals surface area contributed by atoms with Crippen molar-refractivity contribution in [3.05, 3.63) is 27.7 Å². The number of hydrogen-bond acceptors (Lipinski definition) is 3. The zero-order chi connectivity index (χ0) is 11.4. The maximum atomic E-state index is 9.36. The summed E-state index contributed by atoms with van der Waals surface area (Å²) < 4.78 is 0. The molecule has 0 spiro atoms. The molecule has 5 N–H and O–H groups in total. The van der Waals surface area contributed by atoms with Gasteiger partial charge in [0.05, 0.1) is 10.0 Å². The first-order valence-electron chi connectivity index (χ1n) is 4.69. The Labute approximate surface area is 99.0 Å². The molecule has 1 rings (SSSR count). The van der Waals surface area contributed by atoms with E-state index in [1.807, 2.05) is 0 Å². The average molecular weight is 249 g/mol. The van der Waals surface area contributed by atoms with Gasteiger partial charge in [0.25, 0.3) is 0 Å². The highest BCUT2D eigenvalue weighted by atomic mass is 35.5. The van der Waals surface area contributed by atoms with Gasteiger partial charge >= 0.3 is 0 Å². The zero-order valence-electron chi connectivity index (χ0n) is 8.21. The quantitative estimate of drug-likeness (QED) is 0.767. The van der Waals surface area contributed by atoms with Crippen LogP contribution in [0.1, 0.15) is 24.4 Å². The van der Waals surface area contributed by atoms with Gasteiger partial charge in [0.1, 0.15) is 0 Å². The lowest BCUT2D eigenvalue weighted by atomic mass is 10.0. The van der Waals surface area contributed by atoms with Gasteiger partial charge in [-0.15, -0.1) is 0 Å². The molecule has 0 aliphatic heterocycles. The van der Waals surface area contributed by atoms with Crippen molar-refractivity contribution in [3.63, 3.8) is 0 Å². The molecule has 0 aliphatic carbocycles. The standard InChI is InChI=1S/C10H14Cl2N2O/c11-7-4-6(5-8(12)10(7)15)9(14)2-1-3-13/h4-5,9,15H,1-3,13-14H2/t9-/m1/s1. The van der Waals surface area contributed by atoms with E-state index in [4.69, 9.17) is 34.7 Å². The molecule has 1 aromatic rings. The van der Waals surface area contributed by atoms with Crippen LogP contribution in [-0.2, 0) is 0 Å². The highest BCUT2D eigenvalue weighted by Gasteiger charge is 2.11. The molecule has 1 aromatic carbocycles. The molecule has 0 heterocycles. The predicted molar refractivity (Wildman–Crippen MR) is 63.3 cm³/mol. The second-order valence-corrected chi connectivity index (χ2v) is 4.18. The van der Waals surface area contributed by atoms with E-state index < -0.39 is 0 Å². The van der Waals surface area contributed by atoms with Crippen molar-refractivity contribution in [2.75, 3.05) is 6.54 Å². The smallest absolute Gasteiger partial charge is 0.152 e. The lowest BCUT2D eigenvalue weighted by molar-refractivity contribution is 0.475. The van der Waals surface area contributed by atoms with Gasteiger partial charge < -0.3 is 16.6 Å². The van der Waals surface area contributed by atoms with Gasteiger partial charge in [0.15, 0.2) is 5.75 Å². The fourth-order valence-electron chi connectivity index (χ4n) is 1.30. The number of hydrogen-bond donors (Lipinski definition) is 3. The Balaban J connectivity index is 2.86. The summed E-state index contributed by atoms with van der Waals surface area (Å²) >= 11 is 11.6. The highest BCUT2D eigenvalue weighted by molar-refractivity contribution is 6.37. The molecule has 15 heavy (non-hydrogen) atoms. The van der Waals surface area contributed by atoms with E-state index in [-0.39, 0.29) is 21.8 Å². The van der Waals surface area contributed by atoms with Crippen LogP contribution in [0.4, 0.5) is 0 Å². The number of phenolic OH excluding ortho intramolecular Hbond substituents is 1. The molecule has 0 bridgehead atoms. The zero-order valence-corrected chi connectivity index (χ0v) is 9.72. The minimum Gasteiger partial charge on any atom is -0.505 e. The van der Waals surface area contributed by atoms with Gasteiger partial charge in [-0.3, -0.25) is 0 Å². The van der Waals surface area contributed by atoms with Crippen LogP contribution in [0.25, 0.3) is 0 Å². The lowest BCUT2D eigenvalue weighted by Gasteiger charge is -2.13. The summed E-state index contributed by atoms with van der Waals surface area (Å²) in [6.07, 6.45) is 1.62. The SMILES string of the molecule is NCCC[C@@H](N)c1cc(Cl)c(O)c(Cl)c1. The first-order valence-corrected chi connectivity index (χ1v) is 5.45. The molecule has 0 unspecified atom stereocenters. The normalized spacial score (nSPS) is 12.8. The molecule has 0 saturated carbocycles. The van der Waals surface area contributed by atoms with Gasteiger partial charge in [-0.1, -0.05) is 23.2 Å². The monoisotopic (exact) mass is 248 g/mol. The largest absolute Gasteiger partial charge is 0.505 e. The van der Waals surface area contributed by atoms with Crippen LogP contribution in [0, 0.1) is 0 Å². The predicted octanol–water partition coefficient (Wildman–Crippen LogP) is 2.44. The summed E-state index contributed by atoms with van der Waals surface area (Å²) in [5.74, 6) is -0.104. The molecular weight excluding hydrogens is 235 g/mol. The number of halogens is 2. The third kappa shape index (κ3) is 3.24. The molecule has 0 aliphatic rings. The van der Waals surface area contributed by atoms with Crippen molar-refractivity contribution in [3.8, 4) is 5.75 Å². The van der Waals surface area contributed by atoms with Crippen molar-refractivity contribution in [1.29, 1.82) is 0 Å². The first-order chi connectivity index (χ1) is 7.06. The third-order valence-corrected chi connectivity index (χ3v) is 2.76. The molecule has 84 valence electrons. The van der Waals surface area contributed by atoms with Crippen molar-refractivity contribution in [1.82, 2.24) is 0 Å². The molecule has 0 amide bonds. The summed E-state index contributed by atoms with van der Waals surface area (Å²) in [7, 11) is 0. The number of nitrogens with two attached hydrogens (primary N) is 2. The van der Waals surface area contributed by atoms with Crippen LogP contribution < -0.4 is 11.5 Å². The summed E-state index contributed by atoms with van der Waals surface area (Å²) in [4.78, 5) is 0. The van der Waals surface area contributed by atoms with Crippen molar-refractivity contribution >= 4 is 23.2 Å². The van der Waals surface area contributed by atoms with E-state index in [1.165, 1.54) is 0 Å². The number of benzene rings is 1. The van der Waals surface area contributed by atoms with Crippen LogP contribution in [0.2, 0.25) is 10.0 Å². The Morgan fingerprint density at radius 2 is 1.80 bits per heavy atom. The summed E-state index contributed by atoms with van der Waals surface area (Å²) in [6.45, 7) is 0.604. The summed E-state index contributed by atoms with van der Waals surface area (Å²) in [6, 6.07) is 3.11. The third-order valence-electron chi connectivity index (χ3n) is 2.19. The van der Waals surface area contributed by atoms with E-state index in [0.717, 1.165) is 18.4 Å². The van der Waals surface area contributed by atoms with Gasteiger partial charge in [-0.05, 0) is 37.1 Å². The Morgan fingerprint density at radius 3 is 2.27 bits per heavy atom. The van der Waals surface area contributed by atoms with Crippen LogP contribution in [0.5, 0.6) is 5.75 Å². The van der Waals surface area contributed by atoms with Gasteiger partial charge in [0.2, 0.25) is 0 Å². The van der Waals surface area contributed by atoms with Crippen LogP contribution in [-0.4, -0.2) is 11.7 Å². The van der Waals surface area contributed by atoms with E-state index >= 15 is 0 Å². The summed E-state index contributed by atoms with van der Waals surface area (Å²) in [5, 5.41) is 9.81. The van der Waals surface area contributed by atoms with E-state index in [1.54, 1.807) is 12.1 Å². The molecule has 0 fully saturated rings. The number of aromatic hydroxyl groups is 1. The highest BCUT2D eigenvalue weighted by Crippen LogP contribution is 2.34. The molecule has 5 heteroatoms. The summed E-state index contributed by atoms with van der Waals surface area (Å²) in [5.41, 5.74) is 12.1. The first kappa shape index (κ1) is 12.6. The molecule has 0 radical (unpaired) electrons.